The molecular formula is C12H27NO2S. The van der Waals surface area contributed by atoms with Crippen molar-refractivity contribution in [2.45, 2.75) is 47.5 Å². The molecule has 0 saturated carbocycles. The molecule has 0 radical (unpaired) electrons. The summed E-state index contributed by atoms with van der Waals surface area (Å²) in [4.78, 5) is 0. The molecule has 98 valence electrons. The molecule has 0 unspecified atom stereocenters. The molecule has 0 aliphatic rings. The average molecular weight is 249 g/mol. The van der Waals surface area contributed by atoms with E-state index in [1.54, 1.807) is 0 Å². The summed E-state index contributed by atoms with van der Waals surface area (Å²) in [5.74, 6) is 1.69. The maximum absolute atomic E-state index is 11.6. The van der Waals surface area contributed by atoms with E-state index in [4.69, 9.17) is 0 Å². The maximum atomic E-state index is 11.6. The van der Waals surface area contributed by atoms with E-state index in [1.807, 2.05) is 6.92 Å². The van der Waals surface area contributed by atoms with Gasteiger partial charge in [0.1, 0.15) is 0 Å². The quantitative estimate of drug-likeness (QED) is 0.719. The normalized spacial score (nSPS) is 13.0. The topological polar surface area (TPSA) is 46.2 Å². The molecule has 0 spiro atoms. The number of sulfonamides is 1. The number of hydrogen-bond donors (Lipinski definition) is 1. The molecule has 3 nitrogen and oxygen atoms in total. The van der Waals surface area contributed by atoms with Crippen LogP contribution in [0.5, 0.6) is 0 Å². The van der Waals surface area contributed by atoms with E-state index < -0.39 is 10.0 Å². The predicted molar refractivity (Wildman–Crippen MR) is 69.9 cm³/mol. The first-order valence-corrected chi connectivity index (χ1v) is 7.92. The van der Waals surface area contributed by atoms with Gasteiger partial charge in [0.15, 0.2) is 0 Å². The van der Waals surface area contributed by atoms with Crippen LogP contribution in [0.4, 0.5) is 0 Å². The Hall–Kier alpha value is -0.0900. The van der Waals surface area contributed by atoms with Gasteiger partial charge in [0, 0.05) is 6.54 Å². The fraction of sp³-hybridized carbons (Fsp3) is 1.00. The Morgan fingerprint density at radius 2 is 1.56 bits per heavy atom. The summed E-state index contributed by atoms with van der Waals surface area (Å²) in [5.41, 5.74) is 0. The van der Waals surface area contributed by atoms with E-state index in [0.29, 0.717) is 24.3 Å². The van der Waals surface area contributed by atoms with Gasteiger partial charge in [0.25, 0.3) is 0 Å². The Kier molecular flexibility index (Phi) is 7.24. The maximum Gasteiger partial charge on any atom is 0.211 e. The van der Waals surface area contributed by atoms with Crippen LogP contribution in [0.25, 0.3) is 0 Å². The number of unbranched alkanes of at least 4 members (excludes halogenated alkanes) is 1. The van der Waals surface area contributed by atoms with E-state index in [2.05, 4.69) is 32.4 Å². The molecule has 4 heteroatoms. The molecule has 0 aliphatic carbocycles. The van der Waals surface area contributed by atoms with Gasteiger partial charge in [-0.05, 0) is 24.2 Å². The fourth-order valence-corrected chi connectivity index (χ4v) is 3.13. The van der Waals surface area contributed by atoms with E-state index in [9.17, 15) is 8.42 Å². The molecule has 0 bridgehead atoms. The van der Waals surface area contributed by atoms with E-state index >= 15 is 0 Å². The average Bonchev–Trinajstić information content (AvgIpc) is 2.13. The molecule has 0 aromatic heterocycles. The van der Waals surface area contributed by atoms with Gasteiger partial charge in [-0.3, -0.25) is 0 Å². The summed E-state index contributed by atoms with van der Waals surface area (Å²) in [6, 6.07) is 0. The van der Waals surface area contributed by atoms with E-state index in [-0.39, 0.29) is 5.75 Å². The summed E-state index contributed by atoms with van der Waals surface area (Å²) in [7, 11) is -3.06. The molecule has 0 aromatic rings. The van der Waals surface area contributed by atoms with Crippen molar-refractivity contribution >= 4 is 10.0 Å². The van der Waals surface area contributed by atoms with Crippen LogP contribution in [0.3, 0.4) is 0 Å². The highest BCUT2D eigenvalue weighted by molar-refractivity contribution is 7.89. The number of hydrogen-bond acceptors (Lipinski definition) is 2. The Morgan fingerprint density at radius 3 is 1.94 bits per heavy atom. The lowest BCUT2D eigenvalue weighted by atomic mass is 9.86. The Balaban J connectivity index is 4.20. The van der Waals surface area contributed by atoms with Crippen molar-refractivity contribution in [2.75, 3.05) is 12.3 Å². The first-order valence-electron chi connectivity index (χ1n) is 6.27. The van der Waals surface area contributed by atoms with Crippen LogP contribution < -0.4 is 4.72 Å². The summed E-state index contributed by atoms with van der Waals surface area (Å²) in [6.45, 7) is 11.1. The van der Waals surface area contributed by atoms with Gasteiger partial charge in [-0.1, -0.05) is 41.0 Å². The van der Waals surface area contributed by atoms with Gasteiger partial charge >= 0.3 is 0 Å². The van der Waals surface area contributed by atoms with Crippen molar-refractivity contribution < 1.29 is 8.42 Å². The highest BCUT2D eigenvalue weighted by Gasteiger charge is 2.19. The number of rotatable bonds is 8. The van der Waals surface area contributed by atoms with Crippen LogP contribution in [0.2, 0.25) is 0 Å². The summed E-state index contributed by atoms with van der Waals surface area (Å²) >= 11 is 0. The summed E-state index contributed by atoms with van der Waals surface area (Å²) in [5, 5.41) is 0. The Morgan fingerprint density at radius 1 is 1.06 bits per heavy atom. The number of nitrogens with one attached hydrogen (secondary N) is 1. The SMILES string of the molecule is CCCCS(=O)(=O)NCC(C(C)C)C(C)C. The van der Waals surface area contributed by atoms with Crippen LogP contribution in [0, 0.1) is 17.8 Å². The molecule has 0 aromatic carbocycles. The summed E-state index contributed by atoms with van der Waals surface area (Å²) < 4.78 is 26.0. The van der Waals surface area contributed by atoms with Gasteiger partial charge in [0.05, 0.1) is 5.75 Å². The zero-order valence-corrected chi connectivity index (χ0v) is 12.1. The Labute approximate surface area is 101 Å². The lowest BCUT2D eigenvalue weighted by molar-refractivity contribution is 0.289. The minimum Gasteiger partial charge on any atom is -0.215 e. The highest BCUT2D eigenvalue weighted by Crippen LogP contribution is 2.19. The second-order valence-electron chi connectivity index (χ2n) is 5.17. The Bertz CT molecular complexity index is 263. The molecule has 0 amide bonds. The first-order chi connectivity index (χ1) is 7.30. The van der Waals surface area contributed by atoms with Crippen molar-refractivity contribution in [3.8, 4) is 0 Å². The van der Waals surface area contributed by atoms with Gasteiger partial charge in [-0.25, -0.2) is 13.1 Å². The smallest absolute Gasteiger partial charge is 0.211 e. The third-order valence-electron chi connectivity index (χ3n) is 3.02. The van der Waals surface area contributed by atoms with Gasteiger partial charge < -0.3 is 0 Å². The zero-order chi connectivity index (χ0) is 12.8. The van der Waals surface area contributed by atoms with Crippen molar-refractivity contribution in [3.63, 3.8) is 0 Å². The van der Waals surface area contributed by atoms with Crippen LogP contribution >= 0.6 is 0 Å². The van der Waals surface area contributed by atoms with Gasteiger partial charge in [0.2, 0.25) is 10.0 Å². The molecular weight excluding hydrogens is 222 g/mol. The third kappa shape index (κ3) is 6.48. The third-order valence-corrected chi connectivity index (χ3v) is 4.45. The van der Waals surface area contributed by atoms with Crippen molar-refractivity contribution in [1.29, 1.82) is 0 Å². The zero-order valence-electron chi connectivity index (χ0n) is 11.3. The lowest BCUT2D eigenvalue weighted by Crippen LogP contribution is -2.35. The fourth-order valence-electron chi connectivity index (χ4n) is 1.87. The largest absolute Gasteiger partial charge is 0.215 e. The van der Waals surface area contributed by atoms with Crippen molar-refractivity contribution in [3.05, 3.63) is 0 Å². The standard InChI is InChI=1S/C12H27NO2S/c1-6-7-8-16(14,15)13-9-12(10(2)3)11(4)5/h10-13H,6-9H2,1-5H3. The van der Waals surface area contributed by atoms with Crippen LogP contribution in [0.15, 0.2) is 0 Å². The van der Waals surface area contributed by atoms with Crippen LogP contribution in [0.1, 0.15) is 47.5 Å². The van der Waals surface area contributed by atoms with Gasteiger partial charge in [-0.15, -0.1) is 0 Å². The van der Waals surface area contributed by atoms with Crippen LogP contribution in [-0.4, -0.2) is 20.7 Å². The molecule has 1 N–H and O–H groups in total. The lowest BCUT2D eigenvalue weighted by Gasteiger charge is -2.24. The molecule has 0 aliphatic heterocycles. The van der Waals surface area contributed by atoms with Crippen molar-refractivity contribution in [2.24, 2.45) is 17.8 Å². The molecule has 0 rings (SSSR count). The second kappa shape index (κ2) is 7.28. The molecule has 0 heterocycles. The minimum absolute atomic E-state index is 0.256. The second-order valence-corrected chi connectivity index (χ2v) is 7.10. The van der Waals surface area contributed by atoms with Crippen LogP contribution in [-0.2, 0) is 10.0 Å². The summed E-state index contributed by atoms with van der Waals surface area (Å²) in [6.07, 6.45) is 1.65. The van der Waals surface area contributed by atoms with Crippen molar-refractivity contribution in [1.82, 2.24) is 4.72 Å². The first kappa shape index (κ1) is 15.9. The predicted octanol–water partition coefficient (Wildman–Crippen LogP) is 2.63. The molecule has 0 saturated heterocycles. The van der Waals surface area contributed by atoms with E-state index in [0.717, 1.165) is 12.8 Å². The molecule has 16 heavy (non-hydrogen) atoms. The highest BCUT2D eigenvalue weighted by atomic mass is 32.2. The minimum atomic E-state index is -3.06. The van der Waals surface area contributed by atoms with E-state index in [1.165, 1.54) is 0 Å². The van der Waals surface area contributed by atoms with Gasteiger partial charge in [-0.2, -0.15) is 0 Å². The molecule has 0 fully saturated rings. The molecule has 0 atom stereocenters. The monoisotopic (exact) mass is 249 g/mol.